The van der Waals surface area contributed by atoms with Crippen molar-refractivity contribution in [3.8, 4) is 5.75 Å². The van der Waals surface area contributed by atoms with Crippen molar-refractivity contribution < 1.29 is 28.2 Å². The van der Waals surface area contributed by atoms with Crippen LogP contribution in [0.4, 0.5) is 5.69 Å². The fourth-order valence-corrected chi connectivity index (χ4v) is 3.61. The van der Waals surface area contributed by atoms with E-state index in [0.717, 1.165) is 12.8 Å². The SMILES string of the molecule is O=C(Nc1cccc(OCC(=O)N2CCCC(C3OCCO3)C2)c1)c1ccco1. The largest absolute Gasteiger partial charge is 0.484 e. The highest BCUT2D eigenvalue weighted by molar-refractivity contribution is 6.02. The topological polar surface area (TPSA) is 90.2 Å². The highest BCUT2D eigenvalue weighted by Crippen LogP contribution is 2.25. The van der Waals surface area contributed by atoms with Crippen LogP contribution in [-0.4, -0.2) is 55.9 Å². The second-order valence-corrected chi connectivity index (χ2v) is 7.10. The molecule has 0 saturated carbocycles. The summed E-state index contributed by atoms with van der Waals surface area (Å²) < 4.78 is 21.9. The van der Waals surface area contributed by atoms with E-state index in [9.17, 15) is 9.59 Å². The third-order valence-corrected chi connectivity index (χ3v) is 5.04. The summed E-state index contributed by atoms with van der Waals surface area (Å²) in [5, 5.41) is 2.74. The summed E-state index contributed by atoms with van der Waals surface area (Å²) in [5.74, 6) is 0.514. The lowest BCUT2D eigenvalue weighted by molar-refractivity contribution is -0.141. The Labute approximate surface area is 168 Å². The zero-order chi connectivity index (χ0) is 20.1. The van der Waals surface area contributed by atoms with Gasteiger partial charge in [-0.15, -0.1) is 0 Å². The van der Waals surface area contributed by atoms with Crippen LogP contribution in [0.1, 0.15) is 23.4 Å². The van der Waals surface area contributed by atoms with Crippen LogP contribution in [0.2, 0.25) is 0 Å². The van der Waals surface area contributed by atoms with Gasteiger partial charge in [-0.2, -0.15) is 0 Å². The Morgan fingerprint density at radius 2 is 2.03 bits per heavy atom. The minimum absolute atomic E-state index is 0.0608. The lowest BCUT2D eigenvalue weighted by Gasteiger charge is -2.34. The molecule has 1 atom stereocenters. The molecule has 1 aromatic heterocycles. The molecule has 0 bridgehead atoms. The van der Waals surface area contributed by atoms with E-state index in [1.54, 1.807) is 36.4 Å². The average molecular weight is 400 g/mol. The van der Waals surface area contributed by atoms with Crippen molar-refractivity contribution >= 4 is 17.5 Å². The Hall–Kier alpha value is -2.84. The number of anilines is 1. The van der Waals surface area contributed by atoms with E-state index < -0.39 is 0 Å². The van der Waals surface area contributed by atoms with E-state index in [4.69, 9.17) is 18.6 Å². The van der Waals surface area contributed by atoms with Crippen molar-refractivity contribution in [3.63, 3.8) is 0 Å². The second kappa shape index (κ2) is 9.11. The second-order valence-electron chi connectivity index (χ2n) is 7.10. The van der Waals surface area contributed by atoms with Crippen LogP contribution in [0.3, 0.4) is 0 Å². The molecule has 154 valence electrons. The molecule has 0 aliphatic carbocycles. The zero-order valence-electron chi connectivity index (χ0n) is 16.0. The minimum atomic E-state index is -0.348. The number of furan rings is 1. The molecule has 8 heteroatoms. The van der Waals surface area contributed by atoms with E-state index in [2.05, 4.69) is 5.32 Å². The third kappa shape index (κ3) is 4.96. The van der Waals surface area contributed by atoms with Crippen molar-refractivity contribution in [1.82, 2.24) is 4.90 Å². The number of carbonyl (C=O) groups excluding carboxylic acids is 2. The number of carbonyl (C=O) groups is 2. The number of nitrogens with zero attached hydrogens (tertiary/aromatic N) is 1. The number of likely N-dealkylation sites (tertiary alicyclic amines) is 1. The summed E-state index contributed by atoms with van der Waals surface area (Å²) >= 11 is 0. The van der Waals surface area contributed by atoms with Gasteiger partial charge >= 0.3 is 0 Å². The van der Waals surface area contributed by atoms with E-state index >= 15 is 0 Å². The standard InChI is InChI=1S/C21H24N2O6/c24-19(23-8-2-4-15(13-23)21-27-10-11-28-21)14-29-17-6-1-5-16(12-17)22-20(25)18-7-3-9-26-18/h1,3,5-7,9,12,15,21H,2,4,8,10-11,13-14H2,(H,22,25). The molecule has 2 aliphatic heterocycles. The van der Waals surface area contributed by atoms with Crippen molar-refractivity contribution in [1.29, 1.82) is 0 Å². The van der Waals surface area contributed by atoms with Gasteiger partial charge in [0.1, 0.15) is 5.75 Å². The Morgan fingerprint density at radius 3 is 2.83 bits per heavy atom. The van der Waals surface area contributed by atoms with Crippen LogP contribution < -0.4 is 10.1 Å². The minimum Gasteiger partial charge on any atom is -0.484 e. The first kappa shape index (κ1) is 19.5. The first-order valence-electron chi connectivity index (χ1n) is 9.78. The van der Waals surface area contributed by atoms with Crippen LogP contribution in [0.15, 0.2) is 47.1 Å². The van der Waals surface area contributed by atoms with E-state index in [-0.39, 0.29) is 36.4 Å². The van der Waals surface area contributed by atoms with Gasteiger partial charge in [-0.1, -0.05) is 6.07 Å². The third-order valence-electron chi connectivity index (χ3n) is 5.04. The number of rotatable bonds is 6. The molecule has 4 rings (SSSR count). The fourth-order valence-electron chi connectivity index (χ4n) is 3.61. The number of piperidine rings is 1. The number of hydrogen-bond donors (Lipinski definition) is 1. The lowest BCUT2D eigenvalue weighted by Crippen LogP contribution is -2.45. The summed E-state index contributed by atoms with van der Waals surface area (Å²) in [5.41, 5.74) is 0.560. The van der Waals surface area contributed by atoms with Crippen molar-refractivity contribution in [2.24, 2.45) is 5.92 Å². The summed E-state index contributed by atoms with van der Waals surface area (Å²) in [6, 6.07) is 10.1. The van der Waals surface area contributed by atoms with Crippen LogP contribution >= 0.6 is 0 Å². The maximum absolute atomic E-state index is 12.6. The molecule has 8 nitrogen and oxygen atoms in total. The molecular formula is C21H24N2O6. The Balaban J connectivity index is 1.29. The molecule has 2 amide bonds. The van der Waals surface area contributed by atoms with Gasteiger partial charge in [0.15, 0.2) is 18.7 Å². The number of amides is 2. The van der Waals surface area contributed by atoms with Gasteiger partial charge in [-0.3, -0.25) is 9.59 Å². The van der Waals surface area contributed by atoms with Gasteiger partial charge in [0, 0.05) is 30.8 Å². The van der Waals surface area contributed by atoms with Crippen LogP contribution in [0.5, 0.6) is 5.75 Å². The fraction of sp³-hybridized carbons (Fsp3) is 0.429. The predicted octanol–water partition coefficient (Wildman–Crippen LogP) is 2.52. The van der Waals surface area contributed by atoms with E-state index in [1.165, 1.54) is 6.26 Å². The molecule has 0 spiro atoms. The summed E-state index contributed by atoms with van der Waals surface area (Å²) in [7, 11) is 0. The highest BCUT2D eigenvalue weighted by atomic mass is 16.7. The van der Waals surface area contributed by atoms with Crippen LogP contribution in [0.25, 0.3) is 0 Å². The van der Waals surface area contributed by atoms with Crippen LogP contribution in [-0.2, 0) is 14.3 Å². The molecule has 2 aromatic rings. The van der Waals surface area contributed by atoms with E-state index in [1.807, 2.05) is 4.90 Å². The van der Waals surface area contributed by atoms with Crippen molar-refractivity contribution in [2.45, 2.75) is 19.1 Å². The van der Waals surface area contributed by atoms with Gasteiger partial charge in [0.05, 0.1) is 19.5 Å². The summed E-state index contributed by atoms with van der Waals surface area (Å²) in [4.78, 5) is 26.5. The van der Waals surface area contributed by atoms with Gasteiger partial charge in [-0.25, -0.2) is 0 Å². The Bertz CT molecular complexity index is 831. The van der Waals surface area contributed by atoms with Gasteiger partial charge in [-0.05, 0) is 37.1 Å². The van der Waals surface area contributed by atoms with E-state index in [0.29, 0.717) is 37.7 Å². The number of ether oxygens (including phenoxy) is 3. The molecule has 1 N–H and O–H groups in total. The number of hydrogen-bond acceptors (Lipinski definition) is 6. The van der Waals surface area contributed by atoms with Gasteiger partial charge < -0.3 is 28.8 Å². The first-order valence-corrected chi connectivity index (χ1v) is 9.78. The number of nitrogens with one attached hydrogen (secondary N) is 1. The Kier molecular flexibility index (Phi) is 6.12. The number of benzene rings is 1. The van der Waals surface area contributed by atoms with Gasteiger partial charge in [0.25, 0.3) is 11.8 Å². The maximum atomic E-state index is 12.6. The monoisotopic (exact) mass is 400 g/mol. The predicted molar refractivity (Wildman–Crippen MR) is 104 cm³/mol. The summed E-state index contributed by atoms with van der Waals surface area (Å²) in [6.45, 7) is 2.50. The van der Waals surface area contributed by atoms with Crippen molar-refractivity contribution in [2.75, 3.05) is 38.2 Å². The molecular weight excluding hydrogens is 376 g/mol. The maximum Gasteiger partial charge on any atom is 0.291 e. The summed E-state index contributed by atoms with van der Waals surface area (Å²) in [6.07, 6.45) is 3.15. The molecule has 1 unspecified atom stereocenters. The highest BCUT2D eigenvalue weighted by Gasteiger charge is 2.32. The Morgan fingerprint density at radius 1 is 1.17 bits per heavy atom. The quantitative estimate of drug-likeness (QED) is 0.801. The van der Waals surface area contributed by atoms with Gasteiger partial charge in [0.2, 0.25) is 0 Å². The molecule has 2 aliphatic rings. The molecule has 1 aromatic carbocycles. The molecule has 29 heavy (non-hydrogen) atoms. The molecule has 2 fully saturated rings. The normalized spacial score (nSPS) is 19.9. The first-order chi connectivity index (χ1) is 14.2. The van der Waals surface area contributed by atoms with Crippen molar-refractivity contribution in [3.05, 3.63) is 48.4 Å². The average Bonchev–Trinajstić information content (AvgIpc) is 3.47. The molecule has 3 heterocycles. The smallest absolute Gasteiger partial charge is 0.291 e. The lowest BCUT2D eigenvalue weighted by atomic mass is 9.97. The van der Waals surface area contributed by atoms with Crippen LogP contribution in [0, 0.1) is 5.92 Å². The molecule has 0 radical (unpaired) electrons. The molecule has 2 saturated heterocycles. The zero-order valence-corrected chi connectivity index (χ0v) is 16.0.